The average molecular weight is 333 g/mol. The molecule has 1 heterocycles. The lowest BCUT2D eigenvalue weighted by atomic mass is 10.0. The average Bonchev–Trinajstić information content (AvgIpc) is 3.00. The topological polar surface area (TPSA) is 82.5 Å². The Morgan fingerprint density at radius 2 is 2.09 bits per heavy atom. The maximum absolute atomic E-state index is 12.4. The number of amides is 1. The van der Waals surface area contributed by atoms with E-state index in [1.54, 1.807) is 6.20 Å². The van der Waals surface area contributed by atoms with Crippen LogP contribution in [0.25, 0.3) is 0 Å². The number of benzene rings is 1. The third-order valence-electron chi connectivity index (χ3n) is 3.39. The van der Waals surface area contributed by atoms with E-state index in [2.05, 4.69) is 10.3 Å². The number of nitrogens with one attached hydrogen (secondary N) is 1. The van der Waals surface area contributed by atoms with Crippen LogP contribution in [0.3, 0.4) is 0 Å². The Morgan fingerprint density at radius 1 is 1.35 bits per heavy atom. The molecule has 2 N–H and O–H groups in total. The molecule has 0 saturated carbocycles. The van der Waals surface area contributed by atoms with Gasteiger partial charge in [-0.1, -0.05) is 35.6 Å². The number of nitrogens with zero attached hydrogens (tertiary/aromatic N) is 2. The van der Waals surface area contributed by atoms with E-state index in [1.165, 1.54) is 23.3 Å². The molecule has 0 radical (unpaired) electrons. The van der Waals surface area contributed by atoms with Gasteiger partial charge in [0.2, 0.25) is 5.78 Å². The molecule has 0 saturated heterocycles. The molecule has 6 nitrogen and oxygen atoms in total. The standard InChI is InChI=1S/C16H19N3O3S/c1-11-6-3-4-7-12(11)14(20)13-10-18-15(23-13)17-8-5-9-19(2)16(21)22/h3-4,6-7,10H,5,8-9H2,1-2H3,(H,17,18)(H,21,22). The quantitative estimate of drug-likeness (QED) is 0.601. The number of hydrogen-bond acceptors (Lipinski definition) is 5. The van der Waals surface area contributed by atoms with E-state index in [9.17, 15) is 9.59 Å². The first kappa shape index (κ1) is 17.0. The number of carboxylic acid groups (broad SMARTS) is 1. The Hall–Kier alpha value is -2.41. The second-order valence-corrected chi connectivity index (χ2v) is 6.19. The molecule has 2 aromatic rings. The lowest BCUT2D eigenvalue weighted by Gasteiger charge is -2.12. The number of anilines is 1. The minimum atomic E-state index is -0.939. The Labute approximate surface area is 138 Å². The van der Waals surface area contributed by atoms with Crippen molar-refractivity contribution in [2.75, 3.05) is 25.5 Å². The van der Waals surface area contributed by atoms with Gasteiger partial charge in [-0.15, -0.1) is 0 Å². The first-order valence-electron chi connectivity index (χ1n) is 7.23. The van der Waals surface area contributed by atoms with Crippen LogP contribution < -0.4 is 5.32 Å². The zero-order chi connectivity index (χ0) is 16.8. The van der Waals surface area contributed by atoms with Gasteiger partial charge < -0.3 is 15.3 Å². The summed E-state index contributed by atoms with van der Waals surface area (Å²) < 4.78 is 0. The highest BCUT2D eigenvalue weighted by molar-refractivity contribution is 7.17. The van der Waals surface area contributed by atoms with Crippen LogP contribution in [0.4, 0.5) is 9.93 Å². The van der Waals surface area contributed by atoms with Crippen molar-refractivity contribution in [2.24, 2.45) is 0 Å². The van der Waals surface area contributed by atoms with Crippen molar-refractivity contribution < 1.29 is 14.7 Å². The van der Waals surface area contributed by atoms with Gasteiger partial charge in [0.15, 0.2) is 5.13 Å². The highest BCUT2D eigenvalue weighted by atomic mass is 32.1. The van der Waals surface area contributed by atoms with Crippen LogP contribution in [0.5, 0.6) is 0 Å². The van der Waals surface area contributed by atoms with Crippen molar-refractivity contribution in [3.8, 4) is 0 Å². The second kappa shape index (κ2) is 7.73. The van der Waals surface area contributed by atoms with Gasteiger partial charge in [0.25, 0.3) is 0 Å². The molecule has 0 bridgehead atoms. The van der Waals surface area contributed by atoms with Crippen molar-refractivity contribution in [3.05, 3.63) is 46.5 Å². The number of aryl methyl sites for hydroxylation is 1. The smallest absolute Gasteiger partial charge is 0.407 e. The number of carbonyl (C=O) groups excluding carboxylic acids is 1. The summed E-state index contributed by atoms with van der Waals surface area (Å²) in [6.45, 7) is 2.96. The first-order chi connectivity index (χ1) is 11.0. The fourth-order valence-electron chi connectivity index (χ4n) is 2.03. The number of aromatic nitrogens is 1. The highest BCUT2D eigenvalue weighted by Gasteiger charge is 2.14. The van der Waals surface area contributed by atoms with Crippen LogP contribution in [0.2, 0.25) is 0 Å². The largest absolute Gasteiger partial charge is 0.465 e. The van der Waals surface area contributed by atoms with Crippen molar-refractivity contribution in [3.63, 3.8) is 0 Å². The predicted molar refractivity (Wildman–Crippen MR) is 90.5 cm³/mol. The minimum absolute atomic E-state index is 0.0285. The molecule has 0 spiro atoms. The number of hydrogen-bond donors (Lipinski definition) is 2. The van der Waals surface area contributed by atoms with E-state index in [-0.39, 0.29) is 5.78 Å². The maximum Gasteiger partial charge on any atom is 0.407 e. The van der Waals surface area contributed by atoms with Gasteiger partial charge in [-0.3, -0.25) is 4.79 Å². The predicted octanol–water partition coefficient (Wildman–Crippen LogP) is 3.09. The molecule has 2 rings (SSSR count). The van der Waals surface area contributed by atoms with Crippen LogP contribution in [0.1, 0.15) is 27.2 Å². The summed E-state index contributed by atoms with van der Waals surface area (Å²) in [6, 6.07) is 7.47. The van der Waals surface area contributed by atoms with Crippen molar-refractivity contribution in [1.82, 2.24) is 9.88 Å². The van der Waals surface area contributed by atoms with Gasteiger partial charge in [0.05, 0.1) is 11.1 Å². The fourth-order valence-corrected chi connectivity index (χ4v) is 2.82. The number of thiazole rings is 1. The summed E-state index contributed by atoms with van der Waals surface area (Å²) in [4.78, 5) is 29.1. The molecule has 1 amide bonds. The van der Waals surface area contributed by atoms with E-state index in [0.717, 1.165) is 5.56 Å². The molecule has 23 heavy (non-hydrogen) atoms. The van der Waals surface area contributed by atoms with Gasteiger partial charge in [-0.2, -0.15) is 0 Å². The van der Waals surface area contributed by atoms with E-state index in [0.29, 0.717) is 35.1 Å². The molecule has 0 aliphatic heterocycles. The zero-order valence-electron chi connectivity index (χ0n) is 13.1. The molecule has 0 aliphatic carbocycles. The summed E-state index contributed by atoms with van der Waals surface area (Å²) in [7, 11) is 1.53. The Kier molecular flexibility index (Phi) is 5.70. The summed E-state index contributed by atoms with van der Waals surface area (Å²) in [5.41, 5.74) is 1.63. The Morgan fingerprint density at radius 3 is 2.78 bits per heavy atom. The van der Waals surface area contributed by atoms with Crippen molar-refractivity contribution >= 4 is 28.3 Å². The van der Waals surface area contributed by atoms with Gasteiger partial charge >= 0.3 is 6.09 Å². The zero-order valence-corrected chi connectivity index (χ0v) is 13.9. The number of rotatable bonds is 7. The molecular weight excluding hydrogens is 314 g/mol. The van der Waals surface area contributed by atoms with E-state index >= 15 is 0 Å². The minimum Gasteiger partial charge on any atom is -0.465 e. The van der Waals surface area contributed by atoms with Crippen LogP contribution in [-0.4, -0.2) is 47.0 Å². The number of carbonyl (C=O) groups is 2. The first-order valence-corrected chi connectivity index (χ1v) is 8.05. The lowest BCUT2D eigenvalue weighted by molar-refractivity contribution is 0.104. The van der Waals surface area contributed by atoms with Gasteiger partial charge in [0.1, 0.15) is 0 Å². The molecule has 0 unspecified atom stereocenters. The number of ketones is 1. The van der Waals surface area contributed by atoms with Crippen molar-refractivity contribution in [1.29, 1.82) is 0 Å². The molecule has 7 heteroatoms. The molecule has 1 aromatic heterocycles. The SMILES string of the molecule is Cc1ccccc1C(=O)c1cnc(NCCCN(C)C(=O)O)s1. The summed E-state index contributed by atoms with van der Waals surface area (Å²) in [5, 5.41) is 12.5. The molecular formula is C16H19N3O3S. The van der Waals surface area contributed by atoms with Crippen molar-refractivity contribution in [2.45, 2.75) is 13.3 Å². The van der Waals surface area contributed by atoms with Gasteiger partial charge in [-0.05, 0) is 18.9 Å². The van der Waals surface area contributed by atoms with E-state index < -0.39 is 6.09 Å². The second-order valence-electron chi connectivity index (χ2n) is 5.16. The Bertz CT molecular complexity index is 699. The third-order valence-corrected chi connectivity index (χ3v) is 4.35. The van der Waals surface area contributed by atoms with Gasteiger partial charge in [0, 0.05) is 25.7 Å². The molecule has 0 fully saturated rings. The molecule has 0 aliphatic rings. The van der Waals surface area contributed by atoms with E-state index in [1.807, 2.05) is 31.2 Å². The van der Waals surface area contributed by atoms with Crippen LogP contribution in [-0.2, 0) is 0 Å². The van der Waals surface area contributed by atoms with Crippen LogP contribution in [0.15, 0.2) is 30.5 Å². The molecule has 0 atom stereocenters. The monoisotopic (exact) mass is 333 g/mol. The van der Waals surface area contributed by atoms with Crippen LogP contribution in [0, 0.1) is 6.92 Å². The fraction of sp³-hybridized carbons (Fsp3) is 0.312. The lowest BCUT2D eigenvalue weighted by Crippen LogP contribution is -2.26. The third kappa shape index (κ3) is 4.53. The summed E-state index contributed by atoms with van der Waals surface area (Å²) in [5.74, 6) is -0.0285. The van der Waals surface area contributed by atoms with Crippen LogP contribution >= 0.6 is 11.3 Å². The van der Waals surface area contributed by atoms with E-state index in [4.69, 9.17) is 5.11 Å². The summed E-state index contributed by atoms with van der Waals surface area (Å²) >= 11 is 1.31. The highest BCUT2D eigenvalue weighted by Crippen LogP contribution is 2.22. The summed E-state index contributed by atoms with van der Waals surface area (Å²) in [6.07, 6.45) is 1.31. The van der Waals surface area contributed by atoms with Gasteiger partial charge in [-0.25, -0.2) is 9.78 Å². The molecule has 122 valence electrons. The Balaban J connectivity index is 1.90. The normalized spacial score (nSPS) is 10.3. The maximum atomic E-state index is 12.4. The molecule has 1 aromatic carbocycles.